The standard InChI is InChI=1S/C14H21NO4S/c1-20-10-11-7-8-12(19-11)14(18)15-9-5-3-2-4-6-13(16)17/h7-8H,2-6,9-10H2,1H3,(H,15,18)(H,16,17). The Bertz CT molecular complexity index is 431. The lowest BCUT2D eigenvalue weighted by atomic mass is 10.1. The SMILES string of the molecule is CSCc1ccc(C(=O)NCCCCCCC(=O)O)o1. The number of nitrogens with one attached hydrogen (secondary N) is 1. The van der Waals surface area contributed by atoms with E-state index in [-0.39, 0.29) is 12.3 Å². The number of carboxylic acid groups (broad SMARTS) is 1. The van der Waals surface area contributed by atoms with Crippen LogP contribution in [0.2, 0.25) is 0 Å². The topological polar surface area (TPSA) is 79.5 Å². The Balaban J connectivity index is 2.11. The van der Waals surface area contributed by atoms with Crippen molar-refractivity contribution in [3.05, 3.63) is 23.7 Å². The van der Waals surface area contributed by atoms with E-state index in [1.54, 1.807) is 17.8 Å². The van der Waals surface area contributed by atoms with E-state index in [9.17, 15) is 9.59 Å². The number of thioether (sulfide) groups is 1. The number of hydrogen-bond acceptors (Lipinski definition) is 4. The number of aliphatic carboxylic acids is 1. The molecule has 6 heteroatoms. The lowest BCUT2D eigenvalue weighted by Gasteiger charge is -2.03. The molecule has 1 aromatic rings. The zero-order chi connectivity index (χ0) is 14.8. The molecular weight excluding hydrogens is 278 g/mol. The fraction of sp³-hybridized carbons (Fsp3) is 0.571. The summed E-state index contributed by atoms with van der Waals surface area (Å²) in [5.41, 5.74) is 0. The van der Waals surface area contributed by atoms with Gasteiger partial charge in [0.2, 0.25) is 0 Å². The Morgan fingerprint density at radius 2 is 2.00 bits per heavy atom. The molecule has 5 nitrogen and oxygen atoms in total. The first kappa shape index (κ1) is 16.6. The molecule has 0 aliphatic rings. The highest BCUT2D eigenvalue weighted by Crippen LogP contribution is 2.13. The molecule has 0 fully saturated rings. The normalized spacial score (nSPS) is 10.4. The van der Waals surface area contributed by atoms with E-state index in [4.69, 9.17) is 9.52 Å². The first-order valence-corrected chi connectivity index (χ1v) is 8.10. The number of carbonyl (C=O) groups is 2. The van der Waals surface area contributed by atoms with E-state index in [2.05, 4.69) is 5.32 Å². The molecular formula is C14H21NO4S. The first-order chi connectivity index (χ1) is 9.63. The minimum atomic E-state index is -0.753. The van der Waals surface area contributed by atoms with Crippen LogP contribution >= 0.6 is 11.8 Å². The van der Waals surface area contributed by atoms with Gasteiger partial charge in [-0.15, -0.1) is 0 Å². The van der Waals surface area contributed by atoms with Crippen LogP contribution in [-0.4, -0.2) is 29.8 Å². The molecule has 1 rings (SSSR count). The maximum absolute atomic E-state index is 11.8. The highest BCUT2D eigenvalue weighted by Gasteiger charge is 2.10. The van der Waals surface area contributed by atoms with Crippen LogP contribution in [-0.2, 0) is 10.5 Å². The van der Waals surface area contributed by atoms with Crippen molar-refractivity contribution < 1.29 is 19.1 Å². The number of carboxylic acids is 1. The van der Waals surface area contributed by atoms with E-state index in [0.29, 0.717) is 18.7 Å². The molecule has 0 saturated heterocycles. The second kappa shape index (κ2) is 9.47. The maximum Gasteiger partial charge on any atom is 0.303 e. The summed E-state index contributed by atoms with van der Waals surface area (Å²) in [4.78, 5) is 22.1. The van der Waals surface area contributed by atoms with E-state index in [0.717, 1.165) is 30.8 Å². The van der Waals surface area contributed by atoms with Gasteiger partial charge in [-0.2, -0.15) is 11.8 Å². The van der Waals surface area contributed by atoms with Crippen molar-refractivity contribution in [3.8, 4) is 0 Å². The Morgan fingerprint density at radius 1 is 1.25 bits per heavy atom. The molecule has 0 radical (unpaired) electrons. The lowest BCUT2D eigenvalue weighted by Crippen LogP contribution is -2.23. The van der Waals surface area contributed by atoms with Gasteiger partial charge >= 0.3 is 5.97 Å². The summed E-state index contributed by atoms with van der Waals surface area (Å²) in [5, 5.41) is 11.3. The van der Waals surface area contributed by atoms with Crippen LogP contribution < -0.4 is 5.32 Å². The van der Waals surface area contributed by atoms with Crippen LogP contribution in [0.5, 0.6) is 0 Å². The summed E-state index contributed by atoms with van der Waals surface area (Å²) in [6, 6.07) is 3.51. The van der Waals surface area contributed by atoms with Gasteiger partial charge in [-0.3, -0.25) is 9.59 Å². The molecule has 0 bridgehead atoms. The van der Waals surface area contributed by atoms with Crippen molar-refractivity contribution in [2.75, 3.05) is 12.8 Å². The van der Waals surface area contributed by atoms with Gasteiger partial charge in [-0.1, -0.05) is 12.8 Å². The number of furan rings is 1. The third-order valence-corrected chi connectivity index (χ3v) is 3.35. The van der Waals surface area contributed by atoms with Gasteiger partial charge in [-0.05, 0) is 31.2 Å². The zero-order valence-electron chi connectivity index (χ0n) is 11.7. The highest BCUT2D eigenvalue weighted by atomic mass is 32.2. The number of carbonyl (C=O) groups excluding carboxylic acids is 1. The van der Waals surface area contributed by atoms with Crippen molar-refractivity contribution in [2.45, 2.75) is 37.9 Å². The van der Waals surface area contributed by atoms with Crippen LogP contribution in [0, 0.1) is 0 Å². The molecule has 0 spiro atoms. The van der Waals surface area contributed by atoms with Crippen LogP contribution in [0.1, 0.15) is 48.4 Å². The van der Waals surface area contributed by atoms with Gasteiger partial charge in [0.15, 0.2) is 5.76 Å². The Labute approximate surface area is 123 Å². The minimum Gasteiger partial charge on any atom is -0.481 e. The zero-order valence-corrected chi connectivity index (χ0v) is 12.5. The average molecular weight is 299 g/mol. The molecule has 112 valence electrons. The molecule has 20 heavy (non-hydrogen) atoms. The largest absolute Gasteiger partial charge is 0.481 e. The second-order valence-corrected chi connectivity index (χ2v) is 5.38. The van der Waals surface area contributed by atoms with E-state index in [1.165, 1.54) is 0 Å². The fourth-order valence-electron chi connectivity index (χ4n) is 1.76. The predicted molar refractivity (Wildman–Crippen MR) is 79.0 cm³/mol. The van der Waals surface area contributed by atoms with E-state index >= 15 is 0 Å². The summed E-state index contributed by atoms with van der Waals surface area (Å²) >= 11 is 1.64. The summed E-state index contributed by atoms with van der Waals surface area (Å²) < 4.78 is 5.41. The Kier molecular flexibility index (Phi) is 7.87. The average Bonchev–Trinajstić information content (AvgIpc) is 2.86. The summed E-state index contributed by atoms with van der Waals surface area (Å²) in [6.07, 6.45) is 5.54. The fourth-order valence-corrected chi connectivity index (χ4v) is 2.20. The molecule has 1 amide bonds. The van der Waals surface area contributed by atoms with Crippen molar-refractivity contribution in [3.63, 3.8) is 0 Å². The monoisotopic (exact) mass is 299 g/mol. The minimum absolute atomic E-state index is 0.192. The van der Waals surface area contributed by atoms with Crippen molar-refractivity contribution in [1.29, 1.82) is 0 Å². The molecule has 0 unspecified atom stereocenters. The molecule has 0 atom stereocenters. The quantitative estimate of drug-likeness (QED) is 0.649. The van der Waals surface area contributed by atoms with Gasteiger partial charge in [0.1, 0.15) is 5.76 Å². The van der Waals surface area contributed by atoms with Gasteiger partial charge in [-0.25, -0.2) is 0 Å². The summed E-state index contributed by atoms with van der Waals surface area (Å²) in [5.74, 6) is 0.966. The second-order valence-electron chi connectivity index (χ2n) is 4.51. The molecule has 2 N–H and O–H groups in total. The van der Waals surface area contributed by atoms with E-state index in [1.807, 2.05) is 12.3 Å². The number of unbranched alkanes of at least 4 members (excludes halogenated alkanes) is 3. The molecule has 1 aromatic heterocycles. The third-order valence-electron chi connectivity index (χ3n) is 2.78. The van der Waals surface area contributed by atoms with Crippen LogP contribution in [0.4, 0.5) is 0 Å². The molecule has 0 aliphatic carbocycles. The number of hydrogen-bond donors (Lipinski definition) is 2. The first-order valence-electron chi connectivity index (χ1n) is 6.71. The van der Waals surface area contributed by atoms with Crippen LogP contribution in [0.25, 0.3) is 0 Å². The molecule has 0 aromatic carbocycles. The van der Waals surface area contributed by atoms with Gasteiger partial charge < -0.3 is 14.8 Å². The lowest BCUT2D eigenvalue weighted by molar-refractivity contribution is -0.137. The number of rotatable bonds is 10. The summed E-state index contributed by atoms with van der Waals surface area (Å²) in [6.45, 7) is 0.588. The Morgan fingerprint density at radius 3 is 2.70 bits per heavy atom. The van der Waals surface area contributed by atoms with E-state index < -0.39 is 5.97 Å². The van der Waals surface area contributed by atoms with Gasteiger partial charge in [0, 0.05) is 13.0 Å². The van der Waals surface area contributed by atoms with Gasteiger partial charge in [0.05, 0.1) is 5.75 Å². The predicted octanol–water partition coefficient (Wildman–Crippen LogP) is 2.91. The molecule has 0 saturated carbocycles. The molecule has 0 aliphatic heterocycles. The third kappa shape index (κ3) is 6.65. The van der Waals surface area contributed by atoms with Crippen molar-refractivity contribution >= 4 is 23.6 Å². The van der Waals surface area contributed by atoms with Crippen molar-refractivity contribution in [2.24, 2.45) is 0 Å². The summed E-state index contributed by atoms with van der Waals surface area (Å²) in [7, 11) is 0. The smallest absolute Gasteiger partial charge is 0.303 e. The van der Waals surface area contributed by atoms with Crippen LogP contribution in [0.3, 0.4) is 0 Å². The maximum atomic E-state index is 11.8. The van der Waals surface area contributed by atoms with Crippen LogP contribution in [0.15, 0.2) is 16.5 Å². The van der Waals surface area contributed by atoms with Crippen molar-refractivity contribution in [1.82, 2.24) is 5.32 Å². The Hall–Kier alpha value is -1.43. The number of amides is 1. The highest BCUT2D eigenvalue weighted by molar-refractivity contribution is 7.97. The van der Waals surface area contributed by atoms with Gasteiger partial charge in [0.25, 0.3) is 5.91 Å². The molecule has 1 heterocycles.